The van der Waals surface area contributed by atoms with Gasteiger partial charge in [0.2, 0.25) is 0 Å². The summed E-state index contributed by atoms with van der Waals surface area (Å²) in [6, 6.07) is 1.11. The van der Waals surface area contributed by atoms with Gasteiger partial charge in [0, 0.05) is 0 Å². The molecule has 4 amide bonds. The number of urea groups is 2. The minimum atomic E-state index is -1.21. The van der Waals surface area contributed by atoms with Gasteiger partial charge in [-0.15, -0.1) is 0 Å². The van der Waals surface area contributed by atoms with Crippen molar-refractivity contribution in [2.24, 2.45) is 5.73 Å². The van der Waals surface area contributed by atoms with E-state index in [-0.39, 0.29) is 5.69 Å². The number of imide groups is 1. The van der Waals surface area contributed by atoms with Crippen molar-refractivity contribution in [2.75, 3.05) is 5.32 Å². The number of nitrogens with one attached hydrogen (secondary N) is 2. The van der Waals surface area contributed by atoms with E-state index in [4.69, 9.17) is 0 Å². The lowest BCUT2D eigenvalue weighted by Crippen LogP contribution is -2.38. The van der Waals surface area contributed by atoms with Crippen LogP contribution in [0.5, 0.6) is 0 Å². The number of primary amides is 1. The van der Waals surface area contributed by atoms with Crippen LogP contribution in [0.1, 0.15) is 0 Å². The molecule has 1 rings (SSSR count). The monoisotopic (exact) mass is 215 g/mol. The van der Waals surface area contributed by atoms with Crippen LogP contribution in [-0.2, 0) is 0 Å². The highest BCUT2D eigenvalue weighted by molar-refractivity contribution is 6.00. The Balaban J connectivity index is 2.77. The minimum absolute atomic E-state index is 0.381. The molecule has 80 valence electrons. The van der Waals surface area contributed by atoms with Gasteiger partial charge in [-0.05, 0) is 12.1 Å². The first kappa shape index (κ1) is 10.9. The second-order valence-electron chi connectivity index (χ2n) is 2.54. The Morgan fingerprint density at radius 3 is 2.53 bits per heavy atom. The summed E-state index contributed by atoms with van der Waals surface area (Å²) in [6.07, 6.45) is 0. The van der Waals surface area contributed by atoms with E-state index < -0.39 is 23.7 Å². The first-order valence-corrected chi connectivity index (χ1v) is 3.82. The molecule has 5 nitrogen and oxygen atoms in total. The van der Waals surface area contributed by atoms with Gasteiger partial charge in [0.15, 0.2) is 11.6 Å². The third-order valence-corrected chi connectivity index (χ3v) is 1.44. The second kappa shape index (κ2) is 4.36. The fraction of sp³-hybridized carbons (Fsp3) is 0. The molecule has 0 aliphatic carbocycles. The Morgan fingerprint density at radius 2 is 1.93 bits per heavy atom. The Morgan fingerprint density at radius 1 is 1.27 bits per heavy atom. The Kier molecular flexibility index (Phi) is 3.17. The molecular formula is C8H7F2N3O2. The molecule has 0 atom stereocenters. The lowest BCUT2D eigenvalue weighted by atomic mass is 10.3. The number of halogens is 2. The molecule has 0 aliphatic rings. The van der Waals surface area contributed by atoms with E-state index in [1.165, 1.54) is 6.07 Å². The van der Waals surface area contributed by atoms with Gasteiger partial charge in [0.05, 0.1) is 5.69 Å². The summed E-state index contributed by atoms with van der Waals surface area (Å²) < 4.78 is 25.6. The van der Waals surface area contributed by atoms with Crippen molar-refractivity contribution < 1.29 is 18.4 Å². The summed E-state index contributed by atoms with van der Waals surface area (Å²) in [6.45, 7) is 0. The highest BCUT2D eigenvalue weighted by atomic mass is 19.2. The molecule has 0 bridgehead atoms. The van der Waals surface area contributed by atoms with Crippen LogP contribution < -0.4 is 16.4 Å². The normalized spacial score (nSPS) is 9.47. The molecule has 0 fully saturated rings. The maximum Gasteiger partial charge on any atom is 0.327 e. The van der Waals surface area contributed by atoms with Gasteiger partial charge in [0.25, 0.3) is 0 Å². The molecule has 0 radical (unpaired) electrons. The average molecular weight is 215 g/mol. The molecule has 0 spiro atoms. The number of carbonyl (C=O) groups excluding carboxylic acids is 2. The fourth-order valence-corrected chi connectivity index (χ4v) is 0.866. The van der Waals surface area contributed by atoms with Crippen LogP contribution in [0.4, 0.5) is 24.1 Å². The van der Waals surface area contributed by atoms with Crippen LogP contribution in [0.3, 0.4) is 0 Å². The standard InChI is InChI=1S/C8H7F2N3O2/c9-4-2-1-3-5(6(4)10)12-8(15)13-7(11)14/h1-3H,(H4,11,12,13,14,15). The number of amides is 4. The van der Waals surface area contributed by atoms with E-state index in [1.807, 2.05) is 5.32 Å². The minimum Gasteiger partial charge on any atom is -0.351 e. The van der Waals surface area contributed by atoms with Crippen molar-refractivity contribution in [2.45, 2.75) is 0 Å². The zero-order chi connectivity index (χ0) is 11.4. The van der Waals surface area contributed by atoms with Crippen LogP contribution >= 0.6 is 0 Å². The third-order valence-electron chi connectivity index (χ3n) is 1.44. The summed E-state index contributed by atoms with van der Waals surface area (Å²) in [5, 5.41) is 3.55. The van der Waals surface area contributed by atoms with E-state index in [2.05, 4.69) is 5.73 Å². The van der Waals surface area contributed by atoms with E-state index in [9.17, 15) is 18.4 Å². The van der Waals surface area contributed by atoms with Crippen molar-refractivity contribution in [3.63, 3.8) is 0 Å². The first-order chi connectivity index (χ1) is 7.00. The molecule has 0 unspecified atom stereocenters. The first-order valence-electron chi connectivity index (χ1n) is 3.82. The van der Waals surface area contributed by atoms with Crippen molar-refractivity contribution >= 4 is 17.7 Å². The number of hydrogen-bond donors (Lipinski definition) is 3. The smallest absolute Gasteiger partial charge is 0.327 e. The largest absolute Gasteiger partial charge is 0.351 e. The zero-order valence-corrected chi connectivity index (χ0v) is 7.38. The van der Waals surface area contributed by atoms with Crippen molar-refractivity contribution in [3.05, 3.63) is 29.8 Å². The number of rotatable bonds is 1. The van der Waals surface area contributed by atoms with Gasteiger partial charge >= 0.3 is 12.1 Å². The summed E-state index contributed by atoms with van der Waals surface area (Å²) in [5.74, 6) is -2.32. The average Bonchev–Trinajstić information content (AvgIpc) is 2.11. The number of carbonyl (C=O) groups is 2. The van der Waals surface area contributed by atoms with Crippen LogP contribution in [-0.4, -0.2) is 12.1 Å². The number of nitrogens with two attached hydrogens (primary N) is 1. The molecule has 0 saturated carbocycles. The number of benzene rings is 1. The van der Waals surface area contributed by atoms with Gasteiger partial charge in [-0.2, -0.15) is 0 Å². The maximum atomic E-state index is 13.0. The summed E-state index contributed by atoms with van der Waals surface area (Å²) >= 11 is 0. The lowest BCUT2D eigenvalue weighted by Gasteiger charge is -2.05. The van der Waals surface area contributed by atoms with E-state index in [0.717, 1.165) is 12.1 Å². The maximum absolute atomic E-state index is 13.0. The quantitative estimate of drug-likeness (QED) is 0.656. The van der Waals surface area contributed by atoms with Gasteiger partial charge < -0.3 is 11.1 Å². The summed E-state index contributed by atoms with van der Waals surface area (Å²) in [4.78, 5) is 21.1. The van der Waals surface area contributed by atoms with E-state index in [0.29, 0.717) is 0 Å². The van der Waals surface area contributed by atoms with Crippen LogP contribution in [0.25, 0.3) is 0 Å². The van der Waals surface area contributed by atoms with Gasteiger partial charge in [-0.3, -0.25) is 5.32 Å². The molecule has 0 saturated heterocycles. The SMILES string of the molecule is NC(=O)NC(=O)Nc1cccc(F)c1F. The van der Waals surface area contributed by atoms with Crippen molar-refractivity contribution in [3.8, 4) is 0 Å². The molecule has 7 heteroatoms. The predicted molar refractivity (Wildman–Crippen MR) is 48.1 cm³/mol. The molecule has 0 aliphatic heterocycles. The second-order valence-corrected chi connectivity index (χ2v) is 2.54. The van der Waals surface area contributed by atoms with Gasteiger partial charge in [0.1, 0.15) is 0 Å². The van der Waals surface area contributed by atoms with Crippen molar-refractivity contribution in [1.82, 2.24) is 5.32 Å². The fourth-order valence-electron chi connectivity index (χ4n) is 0.866. The predicted octanol–water partition coefficient (Wildman–Crippen LogP) is 1.17. The molecule has 15 heavy (non-hydrogen) atoms. The highest BCUT2D eigenvalue weighted by Crippen LogP contribution is 2.15. The molecular weight excluding hydrogens is 208 g/mol. The van der Waals surface area contributed by atoms with Crippen molar-refractivity contribution in [1.29, 1.82) is 0 Å². The Bertz CT molecular complexity index is 409. The highest BCUT2D eigenvalue weighted by Gasteiger charge is 2.10. The summed E-state index contributed by atoms with van der Waals surface area (Å²) in [5.41, 5.74) is 4.26. The van der Waals surface area contributed by atoms with E-state index in [1.54, 1.807) is 5.32 Å². The number of hydrogen-bond acceptors (Lipinski definition) is 2. The molecule has 0 aromatic heterocycles. The molecule has 1 aromatic carbocycles. The number of anilines is 1. The van der Waals surface area contributed by atoms with Gasteiger partial charge in [-0.1, -0.05) is 6.07 Å². The van der Waals surface area contributed by atoms with Crippen LogP contribution in [0.2, 0.25) is 0 Å². The topological polar surface area (TPSA) is 84.2 Å². The molecule has 1 aromatic rings. The summed E-state index contributed by atoms with van der Waals surface area (Å²) in [7, 11) is 0. The third kappa shape index (κ3) is 2.90. The van der Waals surface area contributed by atoms with E-state index >= 15 is 0 Å². The zero-order valence-electron chi connectivity index (χ0n) is 7.38. The van der Waals surface area contributed by atoms with Gasteiger partial charge in [-0.25, -0.2) is 18.4 Å². The van der Waals surface area contributed by atoms with Crippen LogP contribution in [0, 0.1) is 11.6 Å². The Labute approximate surface area is 83.3 Å². The molecule has 0 heterocycles. The van der Waals surface area contributed by atoms with Crippen LogP contribution in [0.15, 0.2) is 18.2 Å². The molecule has 4 N–H and O–H groups in total. The Hall–Kier alpha value is -2.18. The lowest BCUT2D eigenvalue weighted by molar-refractivity contribution is 0.238.